The second-order valence-electron chi connectivity index (χ2n) is 23.4. The van der Waals surface area contributed by atoms with Crippen molar-refractivity contribution in [2.45, 2.75) is 155 Å². The van der Waals surface area contributed by atoms with Gasteiger partial charge in [-0.3, -0.25) is 0 Å². The number of allylic oxidation sites excluding steroid dienone is 3. The first-order chi connectivity index (χ1) is 28.1. The van der Waals surface area contributed by atoms with E-state index in [0.29, 0.717) is 5.92 Å². The molecule has 0 bridgehead atoms. The van der Waals surface area contributed by atoms with Crippen LogP contribution in [0.1, 0.15) is 143 Å². The first-order valence-corrected chi connectivity index (χ1v) is 26.0. The van der Waals surface area contributed by atoms with E-state index < -0.39 is 8.80 Å². The van der Waals surface area contributed by atoms with Gasteiger partial charge in [-0.15, -0.1) is 0 Å². The standard InChI is InChI=1S/C55H67BN2OSi/c1-33-27-45-48-46(28-33)58(36-18-21-39-40(30-36)53(7,8)24-23-52(39,5)6)49-38-31-41-42(55(11,12)26-25-54(41,9)10)32-47(38)59-50(49)56(48)43-29-34(51(2,3)4)15-22-44(43)57(45)35-16-19-37(20-17-35)60(13)14/h15-22,28-33,60H,23-27H2,1-14H3. The maximum atomic E-state index is 7.57. The third-order valence-electron chi connectivity index (χ3n) is 15.8. The summed E-state index contributed by atoms with van der Waals surface area (Å²) in [6, 6.07) is 29.5. The minimum absolute atomic E-state index is 0.00481. The smallest absolute Gasteiger partial charge is 0.296 e. The molecule has 1 atom stereocenters. The number of rotatable bonds is 3. The quantitative estimate of drug-likeness (QED) is 0.169. The van der Waals surface area contributed by atoms with E-state index in [2.05, 4.69) is 185 Å². The Balaban J connectivity index is 1.32. The van der Waals surface area contributed by atoms with Gasteiger partial charge in [0.05, 0.1) is 20.1 Å². The SMILES string of the molecule is CC1C=C2C3=C(C1)N(c1ccc([SiH](C)C)cc1)c1ccc(C(C)(C)C)cc1B3c1oc3cc4c(cc3c1N2c1ccc2c(c1)C(C)(C)CCC2(C)C)C(C)(C)CCC4(C)C. The molecule has 310 valence electrons. The van der Waals surface area contributed by atoms with Crippen LogP contribution in [0.3, 0.4) is 0 Å². The van der Waals surface area contributed by atoms with Gasteiger partial charge in [0.15, 0.2) is 0 Å². The molecule has 0 spiro atoms. The summed E-state index contributed by atoms with van der Waals surface area (Å²) in [6.07, 6.45) is 8.33. The highest BCUT2D eigenvalue weighted by atomic mass is 28.3. The fraction of sp³-hybridized carbons (Fsp3) is 0.455. The molecule has 0 N–H and O–H groups in total. The Morgan fingerprint density at radius 3 is 1.87 bits per heavy atom. The number of anilines is 4. The number of hydrogen-bond acceptors (Lipinski definition) is 3. The van der Waals surface area contributed by atoms with Crippen molar-refractivity contribution in [3.05, 3.63) is 124 Å². The highest BCUT2D eigenvalue weighted by Gasteiger charge is 2.51. The molecule has 3 aliphatic carbocycles. The molecule has 1 unspecified atom stereocenters. The molecule has 5 aromatic rings. The van der Waals surface area contributed by atoms with Gasteiger partial charge in [0, 0.05) is 33.8 Å². The molecule has 0 amide bonds. The summed E-state index contributed by atoms with van der Waals surface area (Å²) in [4.78, 5) is 5.30. The molecule has 10 rings (SSSR count). The van der Waals surface area contributed by atoms with Crippen molar-refractivity contribution >= 4 is 65.5 Å². The summed E-state index contributed by atoms with van der Waals surface area (Å²) in [7, 11) is -0.950. The zero-order valence-electron chi connectivity index (χ0n) is 39.1. The van der Waals surface area contributed by atoms with Crippen LogP contribution < -0.4 is 26.1 Å². The van der Waals surface area contributed by atoms with Gasteiger partial charge in [0.1, 0.15) is 5.58 Å². The van der Waals surface area contributed by atoms with Gasteiger partial charge in [-0.2, -0.15) is 0 Å². The lowest BCUT2D eigenvalue weighted by Gasteiger charge is -2.47. The number of furan rings is 1. The van der Waals surface area contributed by atoms with E-state index in [9.17, 15) is 0 Å². The van der Waals surface area contributed by atoms with Crippen LogP contribution in [0.5, 0.6) is 0 Å². The van der Waals surface area contributed by atoms with E-state index in [1.807, 2.05) is 0 Å². The molecule has 1 aromatic heterocycles. The van der Waals surface area contributed by atoms with E-state index in [0.717, 1.165) is 17.7 Å². The number of fused-ring (bicyclic) bond motifs is 8. The van der Waals surface area contributed by atoms with Crippen LogP contribution in [0.25, 0.3) is 11.0 Å². The van der Waals surface area contributed by atoms with Gasteiger partial charge in [0.25, 0.3) is 6.71 Å². The van der Waals surface area contributed by atoms with Crippen molar-refractivity contribution in [3.63, 3.8) is 0 Å². The summed E-state index contributed by atoms with van der Waals surface area (Å²) in [5, 5.41) is 2.76. The van der Waals surface area contributed by atoms with Crippen molar-refractivity contribution < 1.29 is 4.42 Å². The molecule has 0 saturated carbocycles. The number of benzene rings is 4. The number of nitrogens with zero attached hydrogens (tertiary/aromatic N) is 2. The van der Waals surface area contributed by atoms with E-state index in [1.54, 1.807) is 0 Å². The van der Waals surface area contributed by atoms with Gasteiger partial charge in [-0.1, -0.05) is 138 Å². The minimum Gasteiger partial charge on any atom is -0.468 e. The van der Waals surface area contributed by atoms with E-state index >= 15 is 0 Å². The topological polar surface area (TPSA) is 19.6 Å². The van der Waals surface area contributed by atoms with Crippen LogP contribution in [0.15, 0.2) is 100 Å². The first kappa shape index (κ1) is 39.9. The monoisotopic (exact) mass is 811 g/mol. The van der Waals surface area contributed by atoms with E-state index in [-0.39, 0.29) is 33.8 Å². The molecule has 3 nitrogen and oxygen atoms in total. The molecule has 5 heteroatoms. The zero-order valence-corrected chi connectivity index (χ0v) is 40.2. The Morgan fingerprint density at radius 2 is 1.25 bits per heavy atom. The maximum absolute atomic E-state index is 7.57. The molecule has 2 aliphatic heterocycles. The lowest BCUT2D eigenvalue weighted by molar-refractivity contribution is 0.332. The Labute approximate surface area is 363 Å². The highest BCUT2D eigenvalue weighted by Crippen LogP contribution is 2.55. The zero-order chi connectivity index (χ0) is 42.6. The molecular formula is C55H67BN2OSi. The Morgan fingerprint density at radius 1 is 0.667 bits per heavy atom. The lowest BCUT2D eigenvalue weighted by Crippen LogP contribution is -2.57. The molecular weight excluding hydrogens is 744 g/mol. The number of hydrogen-bond donors (Lipinski definition) is 0. The molecule has 3 heterocycles. The Bertz CT molecular complexity index is 2680. The van der Waals surface area contributed by atoms with Crippen LogP contribution in [0.4, 0.5) is 22.7 Å². The normalized spacial score (nSPS) is 21.9. The van der Waals surface area contributed by atoms with Gasteiger partial charge in [-0.25, -0.2) is 0 Å². The van der Waals surface area contributed by atoms with Crippen molar-refractivity contribution in [1.82, 2.24) is 0 Å². The van der Waals surface area contributed by atoms with Crippen molar-refractivity contribution in [2.24, 2.45) is 5.92 Å². The van der Waals surface area contributed by atoms with Crippen LogP contribution in [-0.2, 0) is 27.1 Å². The first-order valence-electron chi connectivity index (χ1n) is 23.1. The summed E-state index contributed by atoms with van der Waals surface area (Å²) >= 11 is 0. The van der Waals surface area contributed by atoms with Crippen molar-refractivity contribution in [3.8, 4) is 0 Å². The molecule has 4 aromatic carbocycles. The summed E-state index contributed by atoms with van der Waals surface area (Å²) in [6.45, 7) is 33.9. The summed E-state index contributed by atoms with van der Waals surface area (Å²) in [5.74, 6) is 0.349. The second-order valence-corrected chi connectivity index (χ2v) is 26.4. The van der Waals surface area contributed by atoms with E-state index in [4.69, 9.17) is 4.42 Å². The fourth-order valence-electron chi connectivity index (χ4n) is 11.7. The average Bonchev–Trinajstić information content (AvgIpc) is 3.55. The largest absolute Gasteiger partial charge is 0.468 e. The Hall–Kier alpha value is -4.22. The van der Waals surface area contributed by atoms with Crippen LogP contribution in [-0.4, -0.2) is 15.5 Å². The molecule has 0 fully saturated rings. The van der Waals surface area contributed by atoms with Crippen LogP contribution in [0.2, 0.25) is 13.1 Å². The van der Waals surface area contributed by atoms with Gasteiger partial charge in [0.2, 0.25) is 0 Å². The molecule has 60 heavy (non-hydrogen) atoms. The molecule has 0 saturated heterocycles. The Kier molecular flexibility index (Phi) is 8.58. The van der Waals surface area contributed by atoms with Gasteiger partial charge < -0.3 is 14.2 Å². The molecule has 0 radical (unpaired) electrons. The lowest BCUT2D eigenvalue weighted by atomic mass is 9.33. The third kappa shape index (κ3) is 5.87. The van der Waals surface area contributed by atoms with Crippen LogP contribution >= 0.6 is 0 Å². The van der Waals surface area contributed by atoms with Crippen LogP contribution in [0, 0.1) is 5.92 Å². The highest BCUT2D eigenvalue weighted by molar-refractivity contribution is 6.94. The average molecular weight is 811 g/mol. The van der Waals surface area contributed by atoms with Gasteiger partial charge in [-0.05, 0) is 146 Å². The maximum Gasteiger partial charge on any atom is 0.296 e. The fourth-order valence-corrected chi connectivity index (χ4v) is 12.7. The second kappa shape index (κ2) is 12.9. The summed E-state index contributed by atoms with van der Waals surface area (Å²) < 4.78 is 7.57. The third-order valence-corrected chi connectivity index (χ3v) is 17.6. The van der Waals surface area contributed by atoms with Gasteiger partial charge >= 0.3 is 0 Å². The van der Waals surface area contributed by atoms with Crippen molar-refractivity contribution in [1.29, 1.82) is 0 Å². The predicted molar refractivity (Wildman–Crippen MR) is 262 cm³/mol. The predicted octanol–water partition coefficient (Wildman–Crippen LogP) is 12.8. The summed E-state index contributed by atoms with van der Waals surface area (Å²) in [5.41, 5.74) is 20.3. The minimum atomic E-state index is -0.950. The molecule has 5 aliphatic rings. The van der Waals surface area contributed by atoms with E-state index in [1.165, 1.54) is 109 Å². The van der Waals surface area contributed by atoms with Crippen molar-refractivity contribution in [2.75, 3.05) is 9.80 Å².